The van der Waals surface area contributed by atoms with Gasteiger partial charge >= 0.3 is 0 Å². The molecular formula is C13H20BrFN2O2S. The molecule has 0 aromatic carbocycles. The van der Waals surface area contributed by atoms with Crippen LogP contribution in [0.15, 0.2) is 22.8 Å². The van der Waals surface area contributed by atoms with Crippen molar-refractivity contribution in [2.75, 3.05) is 6.61 Å². The fourth-order valence-corrected chi connectivity index (χ4v) is 2.71. The number of rotatable bonds is 6. The minimum Gasteiger partial charge on any atom is -0.598 e. The number of pyridine rings is 1. The normalized spacial score (nSPS) is 16.8. The van der Waals surface area contributed by atoms with E-state index in [2.05, 4.69) is 25.6 Å². The van der Waals surface area contributed by atoms with E-state index in [1.165, 1.54) is 0 Å². The van der Waals surface area contributed by atoms with Gasteiger partial charge in [-0.25, -0.2) is 9.37 Å². The summed E-state index contributed by atoms with van der Waals surface area (Å²) in [6, 6.07) is 4.33. The van der Waals surface area contributed by atoms with Crippen molar-refractivity contribution in [2.45, 2.75) is 44.2 Å². The van der Waals surface area contributed by atoms with Crippen LogP contribution in [0.3, 0.4) is 0 Å². The van der Waals surface area contributed by atoms with Crippen molar-refractivity contribution < 1.29 is 14.0 Å². The first-order valence-corrected chi connectivity index (χ1v) is 8.25. The van der Waals surface area contributed by atoms with E-state index in [0.717, 1.165) is 0 Å². The van der Waals surface area contributed by atoms with E-state index in [4.69, 9.17) is 5.11 Å². The van der Waals surface area contributed by atoms with Crippen LogP contribution in [0.1, 0.15) is 38.9 Å². The first kappa shape index (κ1) is 17.8. The molecule has 0 aliphatic rings. The Morgan fingerprint density at radius 1 is 1.50 bits per heavy atom. The number of halogens is 2. The molecule has 3 atom stereocenters. The maximum absolute atomic E-state index is 14.2. The van der Waals surface area contributed by atoms with Gasteiger partial charge in [0, 0.05) is 24.4 Å². The second-order valence-electron chi connectivity index (χ2n) is 5.39. The van der Waals surface area contributed by atoms with E-state index in [9.17, 15) is 8.94 Å². The molecule has 1 aromatic rings. The number of nitrogens with zero attached hydrogens (tertiary/aromatic N) is 1. The first-order chi connectivity index (χ1) is 9.25. The third-order valence-corrected chi connectivity index (χ3v) is 4.63. The van der Waals surface area contributed by atoms with Crippen LogP contribution in [0, 0.1) is 0 Å². The van der Waals surface area contributed by atoms with Crippen molar-refractivity contribution >= 4 is 27.3 Å². The van der Waals surface area contributed by atoms with Crippen molar-refractivity contribution in [3.63, 3.8) is 0 Å². The highest BCUT2D eigenvalue weighted by molar-refractivity contribution is 9.10. The number of aliphatic hydroxyl groups is 1. The number of hydrogen-bond acceptors (Lipinski definition) is 4. The molecule has 0 fully saturated rings. The quantitative estimate of drug-likeness (QED) is 0.599. The highest BCUT2D eigenvalue weighted by Crippen LogP contribution is 2.25. The summed E-state index contributed by atoms with van der Waals surface area (Å²) in [4.78, 5) is 4.21. The molecule has 0 spiro atoms. The van der Waals surface area contributed by atoms with Crippen LogP contribution >= 0.6 is 15.9 Å². The van der Waals surface area contributed by atoms with Crippen LogP contribution in [0.2, 0.25) is 0 Å². The minimum absolute atomic E-state index is 0.0345. The van der Waals surface area contributed by atoms with E-state index in [1.807, 2.05) is 0 Å². The van der Waals surface area contributed by atoms with Gasteiger partial charge in [-0.05, 0) is 48.8 Å². The molecule has 0 amide bonds. The van der Waals surface area contributed by atoms with Gasteiger partial charge in [-0.2, -0.15) is 0 Å². The summed E-state index contributed by atoms with van der Waals surface area (Å²) in [5.74, 6) is 0. The van der Waals surface area contributed by atoms with E-state index in [0.29, 0.717) is 10.3 Å². The summed E-state index contributed by atoms with van der Waals surface area (Å²) >= 11 is 1.81. The van der Waals surface area contributed by atoms with Gasteiger partial charge in [0.2, 0.25) is 0 Å². The van der Waals surface area contributed by atoms with Gasteiger partial charge in [0.1, 0.15) is 21.6 Å². The Kier molecular flexibility index (Phi) is 6.87. The lowest BCUT2D eigenvalue weighted by Crippen LogP contribution is -2.44. The number of aliphatic hydroxyl groups excluding tert-OH is 1. The Balaban J connectivity index is 2.97. The topological polar surface area (TPSA) is 68.2 Å². The summed E-state index contributed by atoms with van der Waals surface area (Å²) in [6.45, 7) is 5.15. The van der Waals surface area contributed by atoms with Crippen molar-refractivity contribution in [2.24, 2.45) is 0 Å². The van der Waals surface area contributed by atoms with Crippen LogP contribution in [0.25, 0.3) is 0 Å². The molecule has 20 heavy (non-hydrogen) atoms. The van der Waals surface area contributed by atoms with Gasteiger partial charge in [0.15, 0.2) is 0 Å². The molecule has 1 rings (SSSR count). The van der Waals surface area contributed by atoms with Crippen LogP contribution in [0.4, 0.5) is 4.39 Å². The predicted octanol–water partition coefficient (Wildman–Crippen LogP) is 2.66. The van der Waals surface area contributed by atoms with Gasteiger partial charge in [0.25, 0.3) is 0 Å². The zero-order valence-electron chi connectivity index (χ0n) is 11.8. The Hall–Kier alpha value is -0.210. The van der Waals surface area contributed by atoms with Gasteiger partial charge in [-0.3, -0.25) is 0 Å². The number of nitrogens with one attached hydrogen (secondary N) is 1. The van der Waals surface area contributed by atoms with Crippen LogP contribution < -0.4 is 4.72 Å². The molecule has 2 N–H and O–H groups in total. The summed E-state index contributed by atoms with van der Waals surface area (Å²) in [6.07, 6.45) is -1.40. The van der Waals surface area contributed by atoms with Crippen molar-refractivity contribution in [3.8, 4) is 0 Å². The van der Waals surface area contributed by atoms with Crippen LogP contribution in [-0.2, 0) is 11.4 Å². The van der Waals surface area contributed by atoms with Gasteiger partial charge < -0.3 is 9.66 Å². The first-order valence-electron chi connectivity index (χ1n) is 6.31. The fraction of sp³-hybridized carbons (Fsp3) is 0.615. The van der Waals surface area contributed by atoms with Crippen molar-refractivity contribution in [1.82, 2.24) is 9.71 Å². The number of aromatic nitrogens is 1. The van der Waals surface area contributed by atoms with Crippen LogP contribution in [-0.4, -0.2) is 32.2 Å². The Morgan fingerprint density at radius 3 is 2.65 bits per heavy atom. The molecule has 0 saturated carbocycles. The van der Waals surface area contributed by atoms with E-state index < -0.39 is 28.3 Å². The summed E-state index contributed by atoms with van der Waals surface area (Å²) in [5, 5.41) is 8.91. The average Bonchev–Trinajstić information content (AvgIpc) is 2.34. The number of hydrogen-bond donors (Lipinski definition) is 2. The molecule has 4 nitrogen and oxygen atoms in total. The Labute approximate surface area is 130 Å². The molecular weight excluding hydrogens is 347 g/mol. The second kappa shape index (κ2) is 7.70. The Bertz CT molecular complexity index is 431. The lowest BCUT2D eigenvalue weighted by atomic mass is 10.1. The maximum atomic E-state index is 14.2. The highest BCUT2D eigenvalue weighted by atomic mass is 79.9. The zero-order valence-corrected chi connectivity index (χ0v) is 14.2. The predicted molar refractivity (Wildman–Crippen MR) is 82.3 cm³/mol. The summed E-state index contributed by atoms with van der Waals surface area (Å²) in [7, 11) is 0. The summed E-state index contributed by atoms with van der Waals surface area (Å²) in [5.41, 5.74) is 0.456. The largest absolute Gasteiger partial charge is 0.598 e. The maximum Gasteiger partial charge on any atom is 0.136 e. The van der Waals surface area contributed by atoms with Crippen molar-refractivity contribution in [1.29, 1.82) is 0 Å². The molecule has 1 heterocycles. The SMILES string of the molecule is CC(C)(C)[S+]([O-])N[C@@H](c1cccc(Br)n1)C(F)CCO. The van der Waals surface area contributed by atoms with Gasteiger partial charge in [-0.15, -0.1) is 4.72 Å². The third kappa shape index (κ3) is 5.29. The third-order valence-electron chi connectivity index (χ3n) is 2.61. The fourth-order valence-electron chi connectivity index (χ4n) is 1.50. The minimum atomic E-state index is -1.43. The van der Waals surface area contributed by atoms with Gasteiger partial charge in [-0.1, -0.05) is 6.07 Å². The van der Waals surface area contributed by atoms with E-state index in [-0.39, 0.29) is 13.0 Å². The Morgan fingerprint density at radius 2 is 2.15 bits per heavy atom. The molecule has 0 bridgehead atoms. The molecule has 2 unspecified atom stereocenters. The molecule has 114 valence electrons. The zero-order chi connectivity index (χ0) is 15.3. The molecule has 0 aliphatic carbocycles. The monoisotopic (exact) mass is 366 g/mol. The van der Waals surface area contributed by atoms with Crippen molar-refractivity contribution in [3.05, 3.63) is 28.5 Å². The molecule has 0 saturated heterocycles. The molecule has 0 aliphatic heterocycles. The second-order valence-corrected chi connectivity index (χ2v) is 8.20. The van der Waals surface area contributed by atoms with E-state index >= 15 is 0 Å². The summed E-state index contributed by atoms with van der Waals surface area (Å²) < 4.78 is 29.3. The van der Waals surface area contributed by atoms with Crippen LogP contribution in [0.5, 0.6) is 0 Å². The molecule has 1 aromatic heterocycles. The standard InChI is InChI=1S/C13H20BrFN2O2S/c1-13(2,3)20(19)17-12(9(15)7-8-18)10-5-4-6-11(14)16-10/h4-6,9,12,17-18H,7-8H2,1-3H3/t9?,12-,20?/m1/s1. The van der Waals surface area contributed by atoms with E-state index in [1.54, 1.807) is 39.0 Å². The van der Waals surface area contributed by atoms with Gasteiger partial charge in [0.05, 0.1) is 5.69 Å². The number of alkyl halides is 1. The smallest absolute Gasteiger partial charge is 0.136 e. The molecule has 7 heteroatoms. The molecule has 0 radical (unpaired) electrons. The lowest BCUT2D eigenvalue weighted by molar-refractivity contribution is 0.190. The highest BCUT2D eigenvalue weighted by Gasteiger charge is 2.34. The lowest BCUT2D eigenvalue weighted by Gasteiger charge is -2.29. The average molecular weight is 367 g/mol.